The third-order valence-corrected chi connectivity index (χ3v) is 3.62. The van der Waals surface area contributed by atoms with Crippen molar-refractivity contribution in [1.29, 1.82) is 0 Å². The standard InChI is InChI=1S/C12H9BrFNO3/c1-5-3-4-7(14)9(10(5)13)11-8(12(16)17)6(2)18-15-11/h3-4H,1-2H3,(H,16,17). The third kappa shape index (κ3) is 1.92. The highest BCUT2D eigenvalue weighted by molar-refractivity contribution is 9.10. The van der Waals surface area contributed by atoms with Crippen LogP contribution in [0.3, 0.4) is 0 Å². The van der Waals surface area contributed by atoms with Gasteiger partial charge in [0.25, 0.3) is 0 Å². The summed E-state index contributed by atoms with van der Waals surface area (Å²) in [5.41, 5.74) is 0.751. The molecular weight excluding hydrogens is 305 g/mol. The highest BCUT2D eigenvalue weighted by atomic mass is 79.9. The molecule has 0 saturated heterocycles. The maximum absolute atomic E-state index is 13.9. The van der Waals surface area contributed by atoms with Crippen molar-refractivity contribution < 1.29 is 18.8 Å². The molecule has 1 heterocycles. The van der Waals surface area contributed by atoms with Crippen LogP contribution in [-0.2, 0) is 0 Å². The maximum atomic E-state index is 13.9. The van der Waals surface area contributed by atoms with Crippen LogP contribution in [0.25, 0.3) is 11.3 Å². The summed E-state index contributed by atoms with van der Waals surface area (Å²) >= 11 is 3.25. The summed E-state index contributed by atoms with van der Waals surface area (Å²) < 4.78 is 19.2. The second-order valence-corrected chi connectivity index (χ2v) is 4.61. The Morgan fingerprint density at radius 3 is 2.72 bits per heavy atom. The van der Waals surface area contributed by atoms with E-state index in [0.717, 1.165) is 5.56 Å². The number of aromatic nitrogens is 1. The minimum atomic E-state index is -1.20. The fourth-order valence-corrected chi connectivity index (χ4v) is 2.18. The summed E-state index contributed by atoms with van der Waals surface area (Å²) in [7, 11) is 0. The average molecular weight is 314 g/mol. The van der Waals surface area contributed by atoms with E-state index in [1.54, 1.807) is 13.0 Å². The summed E-state index contributed by atoms with van der Waals surface area (Å²) in [6.07, 6.45) is 0. The van der Waals surface area contributed by atoms with E-state index in [4.69, 9.17) is 9.63 Å². The second kappa shape index (κ2) is 4.53. The molecule has 1 aromatic heterocycles. The summed E-state index contributed by atoms with van der Waals surface area (Å²) in [4.78, 5) is 11.1. The monoisotopic (exact) mass is 313 g/mol. The molecule has 0 aliphatic carbocycles. The van der Waals surface area contributed by atoms with Gasteiger partial charge >= 0.3 is 5.97 Å². The van der Waals surface area contributed by atoms with E-state index in [1.807, 2.05) is 0 Å². The van der Waals surface area contributed by atoms with Crippen molar-refractivity contribution in [2.45, 2.75) is 13.8 Å². The minimum Gasteiger partial charge on any atom is -0.477 e. The topological polar surface area (TPSA) is 63.3 Å². The fourth-order valence-electron chi connectivity index (χ4n) is 1.67. The average Bonchev–Trinajstić information content (AvgIpc) is 2.66. The molecule has 0 radical (unpaired) electrons. The normalized spacial score (nSPS) is 10.7. The van der Waals surface area contributed by atoms with Gasteiger partial charge in [-0.2, -0.15) is 0 Å². The van der Waals surface area contributed by atoms with E-state index in [1.165, 1.54) is 13.0 Å². The van der Waals surface area contributed by atoms with Crippen LogP contribution in [0.5, 0.6) is 0 Å². The lowest BCUT2D eigenvalue weighted by Crippen LogP contribution is -2.01. The van der Waals surface area contributed by atoms with Gasteiger partial charge in [0, 0.05) is 4.47 Å². The second-order valence-electron chi connectivity index (χ2n) is 3.82. The van der Waals surface area contributed by atoms with E-state index >= 15 is 0 Å². The number of carboxylic acid groups (broad SMARTS) is 1. The lowest BCUT2D eigenvalue weighted by molar-refractivity contribution is 0.0696. The van der Waals surface area contributed by atoms with Crippen LogP contribution in [-0.4, -0.2) is 16.2 Å². The first-order chi connectivity index (χ1) is 8.43. The summed E-state index contributed by atoms with van der Waals surface area (Å²) in [5.74, 6) is -1.61. The number of aromatic carboxylic acids is 1. The third-order valence-electron chi connectivity index (χ3n) is 2.60. The highest BCUT2D eigenvalue weighted by Gasteiger charge is 2.25. The molecule has 0 fully saturated rings. The van der Waals surface area contributed by atoms with Gasteiger partial charge in [-0.15, -0.1) is 0 Å². The first-order valence-corrected chi connectivity index (χ1v) is 5.87. The Hall–Kier alpha value is -1.69. The first kappa shape index (κ1) is 12.8. The van der Waals surface area contributed by atoms with Crippen LogP contribution in [0.1, 0.15) is 21.7 Å². The van der Waals surface area contributed by atoms with Crippen LogP contribution < -0.4 is 0 Å². The molecular formula is C12H9BrFNO3. The van der Waals surface area contributed by atoms with Gasteiger partial charge < -0.3 is 9.63 Å². The predicted octanol–water partition coefficient (Wildman–Crippen LogP) is 3.56. The molecule has 18 heavy (non-hydrogen) atoms. The number of benzene rings is 1. The molecule has 0 aliphatic rings. The van der Waals surface area contributed by atoms with Gasteiger partial charge in [0.2, 0.25) is 0 Å². The number of aryl methyl sites for hydroxylation is 2. The largest absolute Gasteiger partial charge is 0.477 e. The maximum Gasteiger partial charge on any atom is 0.341 e. The van der Waals surface area contributed by atoms with E-state index in [-0.39, 0.29) is 22.6 Å². The van der Waals surface area contributed by atoms with Crippen LogP contribution in [0, 0.1) is 19.7 Å². The molecule has 1 aromatic carbocycles. The molecule has 0 bridgehead atoms. The van der Waals surface area contributed by atoms with Gasteiger partial charge in [0.05, 0.1) is 5.56 Å². The van der Waals surface area contributed by atoms with E-state index in [2.05, 4.69) is 21.1 Å². The number of nitrogens with zero attached hydrogens (tertiary/aromatic N) is 1. The molecule has 4 nitrogen and oxygen atoms in total. The van der Waals surface area contributed by atoms with E-state index in [0.29, 0.717) is 4.47 Å². The molecule has 0 amide bonds. The Morgan fingerprint density at radius 1 is 1.44 bits per heavy atom. The molecule has 2 aromatic rings. The molecule has 0 atom stereocenters. The molecule has 0 spiro atoms. The van der Waals surface area contributed by atoms with Crippen molar-refractivity contribution in [3.8, 4) is 11.3 Å². The Labute approximate surface area is 111 Å². The van der Waals surface area contributed by atoms with Crippen LogP contribution in [0.4, 0.5) is 4.39 Å². The van der Waals surface area contributed by atoms with Crippen molar-refractivity contribution in [2.24, 2.45) is 0 Å². The number of carboxylic acids is 1. The van der Waals surface area contributed by atoms with E-state index < -0.39 is 11.8 Å². The predicted molar refractivity (Wildman–Crippen MR) is 66.0 cm³/mol. The number of halogens is 2. The van der Waals surface area contributed by atoms with Crippen LogP contribution >= 0.6 is 15.9 Å². The summed E-state index contributed by atoms with van der Waals surface area (Å²) in [6.45, 7) is 3.25. The molecule has 0 aliphatic heterocycles. The van der Waals surface area contributed by atoms with Crippen LogP contribution in [0.2, 0.25) is 0 Å². The van der Waals surface area contributed by atoms with E-state index in [9.17, 15) is 9.18 Å². The number of rotatable bonds is 2. The molecule has 1 N–H and O–H groups in total. The Morgan fingerprint density at radius 2 is 2.11 bits per heavy atom. The highest BCUT2D eigenvalue weighted by Crippen LogP contribution is 2.35. The zero-order valence-corrected chi connectivity index (χ0v) is 11.2. The smallest absolute Gasteiger partial charge is 0.341 e. The fraction of sp³-hybridized carbons (Fsp3) is 0.167. The van der Waals surface area contributed by atoms with Gasteiger partial charge in [-0.3, -0.25) is 0 Å². The van der Waals surface area contributed by atoms with Gasteiger partial charge in [-0.1, -0.05) is 11.2 Å². The quantitative estimate of drug-likeness (QED) is 0.920. The minimum absolute atomic E-state index is 0.00641. The van der Waals surface area contributed by atoms with Gasteiger partial charge in [-0.25, -0.2) is 9.18 Å². The van der Waals surface area contributed by atoms with Gasteiger partial charge in [-0.05, 0) is 41.4 Å². The zero-order chi connectivity index (χ0) is 13.4. The first-order valence-electron chi connectivity index (χ1n) is 5.08. The zero-order valence-electron chi connectivity index (χ0n) is 9.62. The number of hydrogen-bond acceptors (Lipinski definition) is 3. The lowest BCUT2D eigenvalue weighted by atomic mass is 10.0. The number of hydrogen-bond donors (Lipinski definition) is 1. The summed E-state index contributed by atoms with van der Waals surface area (Å²) in [5, 5.41) is 12.8. The van der Waals surface area contributed by atoms with Gasteiger partial charge in [0.15, 0.2) is 0 Å². The Bertz CT molecular complexity index is 636. The Balaban J connectivity index is 2.78. The van der Waals surface area contributed by atoms with Crippen molar-refractivity contribution in [3.05, 3.63) is 39.3 Å². The Kier molecular flexibility index (Phi) is 3.21. The van der Waals surface area contributed by atoms with Crippen molar-refractivity contribution in [1.82, 2.24) is 5.16 Å². The van der Waals surface area contributed by atoms with Crippen LogP contribution in [0.15, 0.2) is 21.1 Å². The molecule has 2 rings (SSSR count). The SMILES string of the molecule is Cc1ccc(F)c(-c2noc(C)c2C(=O)O)c1Br. The van der Waals surface area contributed by atoms with Crippen molar-refractivity contribution in [3.63, 3.8) is 0 Å². The van der Waals surface area contributed by atoms with Crippen molar-refractivity contribution >= 4 is 21.9 Å². The molecule has 94 valence electrons. The number of carbonyl (C=O) groups is 1. The summed E-state index contributed by atoms with van der Waals surface area (Å²) in [6, 6.07) is 2.86. The van der Waals surface area contributed by atoms with Crippen molar-refractivity contribution in [2.75, 3.05) is 0 Å². The van der Waals surface area contributed by atoms with Gasteiger partial charge in [0.1, 0.15) is 22.8 Å². The molecule has 6 heteroatoms. The molecule has 0 unspecified atom stereocenters. The lowest BCUT2D eigenvalue weighted by Gasteiger charge is -2.06. The molecule has 0 saturated carbocycles.